The van der Waals surface area contributed by atoms with Crippen molar-refractivity contribution in [1.29, 1.82) is 0 Å². The quantitative estimate of drug-likeness (QED) is 0.687. The minimum Gasteiger partial charge on any atom is -0.491 e. The van der Waals surface area contributed by atoms with E-state index in [1.54, 1.807) is 0 Å². The molecular formula is C15H19F2NO4. The number of hydrogen-bond donors (Lipinski definition) is 2. The summed E-state index contributed by atoms with van der Waals surface area (Å²) in [6.07, 6.45) is 1.36. The van der Waals surface area contributed by atoms with E-state index in [2.05, 4.69) is 5.32 Å². The molecule has 22 heavy (non-hydrogen) atoms. The molecule has 1 atom stereocenters. The highest BCUT2D eigenvalue weighted by atomic mass is 19.1. The molecule has 0 bridgehead atoms. The lowest BCUT2D eigenvalue weighted by Gasteiger charge is -2.13. The maximum atomic E-state index is 13.3. The van der Waals surface area contributed by atoms with Crippen molar-refractivity contribution in [1.82, 2.24) is 5.32 Å². The fourth-order valence-electron chi connectivity index (χ4n) is 1.82. The first-order valence-corrected chi connectivity index (χ1v) is 7.04. The molecule has 1 aromatic rings. The van der Waals surface area contributed by atoms with Gasteiger partial charge in [0.25, 0.3) is 0 Å². The number of nitrogens with one attached hydrogen (secondary N) is 1. The zero-order chi connectivity index (χ0) is 16.5. The molecule has 1 aromatic carbocycles. The number of halogens is 2. The Balaban J connectivity index is 2.31. The fourth-order valence-corrected chi connectivity index (χ4v) is 1.82. The molecule has 5 nitrogen and oxygen atoms in total. The van der Waals surface area contributed by atoms with Gasteiger partial charge in [-0.1, -0.05) is 13.3 Å². The van der Waals surface area contributed by atoms with E-state index >= 15 is 0 Å². The fraction of sp³-hybridized carbons (Fsp3) is 0.467. The predicted molar refractivity (Wildman–Crippen MR) is 75.6 cm³/mol. The predicted octanol–water partition coefficient (Wildman–Crippen LogP) is 2.49. The van der Waals surface area contributed by atoms with Crippen LogP contribution in [0.3, 0.4) is 0 Å². The first kappa shape index (κ1) is 17.9. The van der Waals surface area contributed by atoms with Gasteiger partial charge in [0.2, 0.25) is 5.91 Å². The highest BCUT2D eigenvalue weighted by molar-refractivity contribution is 5.83. The van der Waals surface area contributed by atoms with Crippen molar-refractivity contribution in [3.05, 3.63) is 29.8 Å². The Kier molecular flexibility index (Phi) is 7.28. The summed E-state index contributed by atoms with van der Waals surface area (Å²) in [4.78, 5) is 22.5. The number of rotatable bonds is 9. The number of amides is 1. The minimum absolute atomic E-state index is 0.0658. The second-order valence-corrected chi connectivity index (χ2v) is 4.77. The van der Waals surface area contributed by atoms with E-state index in [4.69, 9.17) is 9.84 Å². The highest BCUT2D eigenvalue weighted by Crippen LogP contribution is 2.17. The molecule has 0 radical (unpaired) electrons. The van der Waals surface area contributed by atoms with Crippen LogP contribution in [0, 0.1) is 11.6 Å². The number of hydrogen-bond acceptors (Lipinski definition) is 3. The third-order valence-corrected chi connectivity index (χ3v) is 2.91. The molecule has 0 saturated heterocycles. The number of carboxylic acid groups (broad SMARTS) is 1. The third-order valence-electron chi connectivity index (χ3n) is 2.91. The summed E-state index contributed by atoms with van der Waals surface area (Å²) < 4.78 is 31.1. The number of carbonyl (C=O) groups is 2. The van der Waals surface area contributed by atoms with Crippen molar-refractivity contribution >= 4 is 11.9 Å². The molecule has 7 heteroatoms. The molecule has 1 amide bonds. The van der Waals surface area contributed by atoms with Crippen LogP contribution in [-0.4, -0.2) is 29.6 Å². The Morgan fingerprint density at radius 1 is 1.36 bits per heavy atom. The maximum absolute atomic E-state index is 13.3. The summed E-state index contributed by atoms with van der Waals surface area (Å²) in [5.74, 6) is -3.06. The Morgan fingerprint density at radius 3 is 2.68 bits per heavy atom. The van der Waals surface area contributed by atoms with Crippen molar-refractivity contribution in [2.75, 3.05) is 6.61 Å². The van der Waals surface area contributed by atoms with Gasteiger partial charge in [0.15, 0.2) is 11.6 Å². The molecular weight excluding hydrogens is 296 g/mol. The van der Waals surface area contributed by atoms with E-state index in [9.17, 15) is 18.4 Å². The van der Waals surface area contributed by atoms with Gasteiger partial charge in [-0.15, -0.1) is 0 Å². The molecule has 0 aliphatic rings. The summed E-state index contributed by atoms with van der Waals surface area (Å²) >= 11 is 0. The highest BCUT2D eigenvalue weighted by Gasteiger charge is 2.18. The Bertz CT molecular complexity index is 522. The first-order valence-electron chi connectivity index (χ1n) is 7.04. The zero-order valence-corrected chi connectivity index (χ0v) is 12.3. The van der Waals surface area contributed by atoms with Crippen molar-refractivity contribution in [3.8, 4) is 5.75 Å². The summed E-state index contributed by atoms with van der Waals surface area (Å²) in [6, 6.07) is 2.07. The van der Waals surface area contributed by atoms with E-state index < -0.39 is 29.6 Å². The van der Waals surface area contributed by atoms with Gasteiger partial charge in [0.05, 0.1) is 6.61 Å². The molecule has 0 aliphatic carbocycles. The van der Waals surface area contributed by atoms with Crippen LogP contribution in [0.2, 0.25) is 0 Å². The van der Waals surface area contributed by atoms with Gasteiger partial charge in [-0.05, 0) is 25.0 Å². The molecule has 0 spiro atoms. The molecule has 1 rings (SSSR count). The zero-order valence-electron chi connectivity index (χ0n) is 12.3. The van der Waals surface area contributed by atoms with Crippen molar-refractivity contribution in [2.24, 2.45) is 0 Å². The molecule has 0 aliphatic heterocycles. The van der Waals surface area contributed by atoms with Gasteiger partial charge in [-0.3, -0.25) is 4.79 Å². The van der Waals surface area contributed by atoms with Crippen LogP contribution >= 0.6 is 0 Å². The van der Waals surface area contributed by atoms with Crippen LogP contribution in [0.25, 0.3) is 0 Å². The van der Waals surface area contributed by atoms with E-state index in [0.717, 1.165) is 6.07 Å². The van der Waals surface area contributed by atoms with Gasteiger partial charge in [0.1, 0.15) is 11.9 Å². The van der Waals surface area contributed by atoms with Crippen LogP contribution < -0.4 is 10.1 Å². The second-order valence-electron chi connectivity index (χ2n) is 4.77. The van der Waals surface area contributed by atoms with E-state index in [0.29, 0.717) is 25.3 Å². The largest absolute Gasteiger partial charge is 0.491 e. The third kappa shape index (κ3) is 6.07. The number of benzene rings is 1. The maximum Gasteiger partial charge on any atom is 0.326 e. The molecule has 0 saturated carbocycles. The van der Waals surface area contributed by atoms with Crippen LogP contribution in [0.15, 0.2) is 18.2 Å². The van der Waals surface area contributed by atoms with E-state index in [1.807, 2.05) is 6.92 Å². The van der Waals surface area contributed by atoms with E-state index in [1.165, 1.54) is 6.07 Å². The van der Waals surface area contributed by atoms with Gasteiger partial charge in [0, 0.05) is 12.5 Å². The SMILES string of the molecule is CCCC(NC(=O)CCCOc1ccc(F)cc1F)C(=O)O. The second kappa shape index (κ2) is 8.96. The number of aliphatic carboxylic acids is 1. The smallest absolute Gasteiger partial charge is 0.326 e. The molecule has 1 unspecified atom stereocenters. The monoisotopic (exact) mass is 315 g/mol. The molecule has 0 fully saturated rings. The number of carboxylic acids is 1. The van der Waals surface area contributed by atoms with Crippen LogP contribution in [0.1, 0.15) is 32.6 Å². The minimum atomic E-state index is -1.07. The Labute approximate surface area is 127 Å². The molecule has 0 aromatic heterocycles. The lowest BCUT2D eigenvalue weighted by Crippen LogP contribution is -2.40. The summed E-state index contributed by atoms with van der Waals surface area (Å²) in [5.41, 5.74) is 0. The standard InChI is InChI=1S/C15H19F2NO4/c1-2-4-12(15(20)21)18-14(19)5-3-8-22-13-7-6-10(16)9-11(13)17/h6-7,9,12H,2-5,8H2,1H3,(H,18,19)(H,20,21). The van der Waals surface area contributed by atoms with Gasteiger partial charge in [-0.2, -0.15) is 0 Å². The normalized spacial score (nSPS) is 11.8. The van der Waals surface area contributed by atoms with Crippen LogP contribution in [0.5, 0.6) is 5.75 Å². The van der Waals surface area contributed by atoms with Gasteiger partial charge < -0.3 is 15.2 Å². The summed E-state index contributed by atoms with van der Waals surface area (Å²) in [5, 5.41) is 11.3. The number of carbonyl (C=O) groups excluding carboxylic acids is 1. The van der Waals surface area contributed by atoms with Crippen molar-refractivity contribution in [2.45, 2.75) is 38.6 Å². The van der Waals surface area contributed by atoms with Gasteiger partial charge >= 0.3 is 5.97 Å². The number of ether oxygens (including phenoxy) is 1. The Morgan fingerprint density at radius 2 is 2.09 bits per heavy atom. The van der Waals surface area contributed by atoms with Crippen molar-refractivity contribution in [3.63, 3.8) is 0 Å². The lowest BCUT2D eigenvalue weighted by atomic mass is 10.1. The Hall–Kier alpha value is -2.18. The summed E-state index contributed by atoms with van der Waals surface area (Å²) in [7, 11) is 0. The van der Waals surface area contributed by atoms with Gasteiger partial charge in [-0.25, -0.2) is 13.6 Å². The molecule has 0 heterocycles. The average molecular weight is 315 g/mol. The van der Waals surface area contributed by atoms with Crippen LogP contribution in [0.4, 0.5) is 8.78 Å². The van der Waals surface area contributed by atoms with E-state index in [-0.39, 0.29) is 18.8 Å². The topological polar surface area (TPSA) is 75.6 Å². The first-order chi connectivity index (χ1) is 10.4. The molecule has 2 N–H and O–H groups in total. The lowest BCUT2D eigenvalue weighted by molar-refractivity contribution is -0.142. The van der Waals surface area contributed by atoms with Crippen molar-refractivity contribution < 1.29 is 28.2 Å². The average Bonchev–Trinajstić information content (AvgIpc) is 2.44. The molecule has 122 valence electrons. The van der Waals surface area contributed by atoms with Crippen LogP contribution in [-0.2, 0) is 9.59 Å². The summed E-state index contributed by atoms with van der Waals surface area (Å²) in [6.45, 7) is 1.90.